The molecule has 1 nitrogen and oxygen atoms in total. The van der Waals surface area contributed by atoms with Gasteiger partial charge in [-0.25, -0.2) is 4.39 Å². The summed E-state index contributed by atoms with van der Waals surface area (Å²) < 4.78 is 18.7. The lowest BCUT2D eigenvalue weighted by atomic mass is 9.99. The predicted octanol–water partition coefficient (Wildman–Crippen LogP) is 2.94. The van der Waals surface area contributed by atoms with Crippen LogP contribution in [-0.4, -0.2) is 13.2 Å². The van der Waals surface area contributed by atoms with E-state index in [2.05, 4.69) is 0 Å². The van der Waals surface area contributed by atoms with Gasteiger partial charge in [0.25, 0.3) is 0 Å². The van der Waals surface area contributed by atoms with E-state index in [1.54, 1.807) is 6.07 Å². The maximum Gasteiger partial charge on any atom is 0.130 e. The van der Waals surface area contributed by atoms with Gasteiger partial charge in [-0.15, -0.1) is 0 Å². The highest BCUT2D eigenvalue weighted by Crippen LogP contribution is 2.24. The first-order valence-electron chi connectivity index (χ1n) is 4.80. The van der Waals surface area contributed by atoms with E-state index in [0.717, 1.165) is 23.1 Å². The lowest BCUT2D eigenvalue weighted by molar-refractivity contribution is 0.161. The topological polar surface area (TPSA) is 9.23 Å². The van der Waals surface area contributed by atoms with Crippen molar-refractivity contribution in [2.45, 2.75) is 13.3 Å². The lowest BCUT2D eigenvalue weighted by Crippen LogP contribution is -2.05. The summed E-state index contributed by atoms with van der Waals surface area (Å²) in [6.45, 7) is 3.27. The zero-order chi connectivity index (χ0) is 9.97. The molecule has 0 amide bonds. The fraction of sp³-hybridized carbons (Fsp3) is 0.333. The minimum atomic E-state index is -0.135. The van der Waals surface area contributed by atoms with Crippen LogP contribution in [0.4, 0.5) is 4.39 Å². The quantitative estimate of drug-likeness (QED) is 0.664. The van der Waals surface area contributed by atoms with Crippen molar-refractivity contribution >= 4 is 5.57 Å². The molecule has 14 heavy (non-hydrogen) atoms. The van der Waals surface area contributed by atoms with E-state index < -0.39 is 0 Å². The molecule has 0 saturated heterocycles. The van der Waals surface area contributed by atoms with Crippen LogP contribution in [0.15, 0.2) is 24.3 Å². The van der Waals surface area contributed by atoms with Crippen molar-refractivity contribution in [3.05, 3.63) is 41.2 Å². The van der Waals surface area contributed by atoms with Gasteiger partial charge in [0.2, 0.25) is 0 Å². The third-order valence-electron chi connectivity index (χ3n) is 2.43. The normalized spacial score (nSPS) is 16.6. The van der Waals surface area contributed by atoms with Crippen molar-refractivity contribution in [1.29, 1.82) is 0 Å². The van der Waals surface area contributed by atoms with Crippen LogP contribution in [0.3, 0.4) is 0 Å². The zero-order valence-electron chi connectivity index (χ0n) is 8.22. The minimum Gasteiger partial charge on any atom is -0.377 e. The molecular weight excluding hydrogens is 179 g/mol. The Morgan fingerprint density at radius 1 is 1.36 bits per heavy atom. The molecule has 0 aromatic heterocycles. The van der Waals surface area contributed by atoms with E-state index in [1.807, 2.05) is 19.1 Å². The highest BCUT2D eigenvalue weighted by molar-refractivity contribution is 5.67. The lowest BCUT2D eigenvalue weighted by Gasteiger charge is -2.14. The molecule has 1 aromatic rings. The Morgan fingerprint density at radius 2 is 2.21 bits per heavy atom. The molecule has 0 aliphatic carbocycles. The van der Waals surface area contributed by atoms with E-state index in [1.165, 1.54) is 6.07 Å². The predicted molar refractivity (Wildman–Crippen MR) is 54.6 cm³/mol. The number of hydrogen-bond acceptors (Lipinski definition) is 1. The Balaban J connectivity index is 2.39. The summed E-state index contributed by atoms with van der Waals surface area (Å²) >= 11 is 0. The summed E-state index contributed by atoms with van der Waals surface area (Å²) in [6.07, 6.45) is 2.77. The van der Waals surface area contributed by atoms with E-state index in [9.17, 15) is 4.39 Å². The first kappa shape index (κ1) is 9.41. The van der Waals surface area contributed by atoms with Crippen LogP contribution in [0, 0.1) is 12.7 Å². The summed E-state index contributed by atoms with van der Waals surface area (Å²) in [4.78, 5) is 0. The average Bonchev–Trinajstić information content (AvgIpc) is 2.23. The van der Waals surface area contributed by atoms with Crippen molar-refractivity contribution in [1.82, 2.24) is 0 Å². The molecule has 2 rings (SSSR count). The number of ether oxygens (including phenoxy) is 1. The molecule has 1 aliphatic heterocycles. The summed E-state index contributed by atoms with van der Waals surface area (Å²) in [6, 6.07) is 5.21. The Hall–Kier alpha value is -1.15. The van der Waals surface area contributed by atoms with Crippen molar-refractivity contribution in [3.63, 3.8) is 0 Å². The molecule has 0 atom stereocenters. The molecule has 0 fully saturated rings. The molecule has 74 valence electrons. The molecule has 0 saturated carbocycles. The van der Waals surface area contributed by atoms with Crippen molar-refractivity contribution in [3.8, 4) is 0 Å². The average molecular weight is 192 g/mol. The van der Waals surface area contributed by atoms with Crippen LogP contribution in [-0.2, 0) is 4.74 Å². The highest BCUT2D eigenvalue weighted by atomic mass is 19.1. The van der Waals surface area contributed by atoms with Gasteiger partial charge in [0, 0.05) is 5.56 Å². The van der Waals surface area contributed by atoms with Crippen molar-refractivity contribution < 1.29 is 9.13 Å². The fourth-order valence-electron chi connectivity index (χ4n) is 1.66. The summed E-state index contributed by atoms with van der Waals surface area (Å²) in [5, 5.41) is 0. The Bertz CT molecular complexity index is 369. The molecule has 0 bridgehead atoms. The van der Waals surface area contributed by atoms with Gasteiger partial charge in [-0.05, 0) is 31.1 Å². The van der Waals surface area contributed by atoms with E-state index >= 15 is 0 Å². The molecule has 0 radical (unpaired) electrons. The van der Waals surface area contributed by atoms with Crippen LogP contribution in [0.5, 0.6) is 0 Å². The molecule has 0 unspecified atom stereocenters. The van der Waals surface area contributed by atoms with Gasteiger partial charge in [0.15, 0.2) is 0 Å². The Labute approximate surface area is 83.2 Å². The van der Waals surface area contributed by atoms with Crippen molar-refractivity contribution in [2.75, 3.05) is 13.2 Å². The maximum absolute atomic E-state index is 13.5. The van der Waals surface area contributed by atoms with Gasteiger partial charge in [-0.1, -0.05) is 17.7 Å². The summed E-state index contributed by atoms with van der Waals surface area (Å²) in [5.41, 5.74) is 2.89. The summed E-state index contributed by atoms with van der Waals surface area (Å²) in [7, 11) is 0. The van der Waals surface area contributed by atoms with Crippen molar-refractivity contribution in [2.24, 2.45) is 0 Å². The van der Waals surface area contributed by atoms with Crippen LogP contribution in [0.25, 0.3) is 5.57 Å². The smallest absolute Gasteiger partial charge is 0.130 e. The second-order valence-corrected chi connectivity index (χ2v) is 3.54. The van der Waals surface area contributed by atoms with E-state index in [-0.39, 0.29) is 5.82 Å². The van der Waals surface area contributed by atoms with E-state index in [4.69, 9.17) is 4.74 Å². The van der Waals surface area contributed by atoms with E-state index in [0.29, 0.717) is 13.2 Å². The fourth-order valence-corrected chi connectivity index (χ4v) is 1.66. The molecule has 2 heteroatoms. The number of aryl methyl sites for hydroxylation is 1. The van der Waals surface area contributed by atoms with Gasteiger partial charge in [0.1, 0.15) is 5.82 Å². The van der Waals surface area contributed by atoms with Gasteiger partial charge in [-0.3, -0.25) is 0 Å². The third kappa shape index (κ3) is 1.85. The first-order chi connectivity index (χ1) is 6.77. The standard InChI is InChI=1S/C12H13FO/c1-9-2-3-12(13)11(8-9)10-4-6-14-7-5-10/h2-4,8H,5-7H2,1H3. The first-order valence-corrected chi connectivity index (χ1v) is 4.80. The van der Waals surface area contributed by atoms with Crippen LogP contribution in [0.1, 0.15) is 17.5 Å². The zero-order valence-corrected chi connectivity index (χ0v) is 8.22. The van der Waals surface area contributed by atoms with Gasteiger partial charge in [0.05, 0.1) is 13.2 Å². The Morgan fingerprint density at radius 3 is 2.93 bits per heavy atom. The molecule has 1 aliphatic rings. The molecule has 0 spiro atoms. The van der Waals surface area contributed by atoms with Gasteiger partial charge >= 0.3 is 0 Å². The molecule has 0 N–H and O–H groups in total. The maximum atomic E-state index is 13.5. The minimum absolute atomic E-state index is 0.135. The number of benzene rings is 1. The SMILES string of the molecule is Cc1ccc(F)c(C2=CCOCC2)c1. The van der Waals surface area contributed by atoms with Gasteiger partial charge in [-0.2, -0.15) is 0 Å². The number of halogens is 1. The number of rotatable bonds is 1. The summed E-state index contributed by atoms with van der Waals surface area (Å²) in [5.74, 6) is -0.135. The van der Waals surface area contributed by atoms with Crippen LogP contribution < -0.4 is 0 Å². The Kier molecular flexibility index (Phi) is 2.64. The number of hydrogen-bond donors (Lipinski definition) is 0. The highest BCUT2D eigenvalue weighted by Gasteiger charge is 2.10. The van der Waals surface area contributed by atoms with Crippen LogP contribution >= 0.6 is 0 Å². The van der Waals surface area contributed by atoms with Gasteiger partial charge < -0.3 is 4.74 Å². The van der Waals surface area contributed by atoms with Crippen LogP contribution in [0.2, 0.25) is 0 Å². The molecule has 1 aromatic carbocycles. The largest absolute Gasteiger partial charge is 0.377 e. The second kappa shape index (κ2) is 3.93. The molecular formula is C12H13FO. The second-order valence-electron chi connectivity index (χ2n) is 3.54. The third-order valence-corrected chi connectivity index (χ3v) is 2.43. The monoisotopic (exact) mass is 192 g/mol. The molecule has 1 heterocycles.